The number of rotatable bonds is 12. The standard InChI is InChI=1S/C19H15N7S.C18H12ClN7S.C18H13N7S/c1-11-3-2-4-16(21-11)24-19-23-15-7-8-27-17(15)18(25-19)22-13-5-6-14-12(9-13)10-20-26-14;19-16-14(2-1-6-20-16)24-18-23-13-5-7-27-15(13)17(25-18)22-11-3-4-12-10(8-11)9-21-26-12;1-2-7-19-15(3-1)23-18-22-14-6-8-26-16(14)17(24-18)21-12-4-5-13-11(9-12)10-20-25-13/h2-10H,1H3,(H,20,26)(H2,21,22,23,24,25);1-9H,(H,21,26)(H2,22,23,24,25);1-10H,(H,20,25)(H2,19,21,22,23,24). The molecule has 0 saturated heterocycles. The third-order valence-corrected chi connectivity index (χ3v) is 15.1. The van der Waals surface area contributed by atoms with Crippen LogP contribution in [0.5, 0.6) is 0 Å². The van der Waals surface area contributed by atoms with E-state index in [4.69, 9.17) is 11.6 Å². The minimum Gasteiger partial charge on any atom is -0.339 e. The number of nitrogens with one attached hydrogen (secondary N) is 9. The Morgan fingerprint density at radius 3 is 1.34 bits per heavy atom. The van der Waals surface area contributed by atoms with Gasteiger partial charge in [-0.25, -0.2) is 29.9 Å². The Bertz CT molecular complexity index is 4650. The van der Waals surface area contributed by atoms with Crippen molar-refractivity contribution < 1.29 is 0 Å². The lowest BCUT2D eigenvalue weighted by Crippen LogP contribution is -2.02. The van der Waals surface area contributed by atoms with E-state index in [1.807, 2.05) is 138 Å². The predicted octanol–water partition coefficient (Wildman–Crippen LogP) is 14.3. The highest BCUT2D eigenvalue weighted by atomic mass is 35.5. The van der Waals surface area contributed by atoms with E-state index in [-0.39, 0.29) is 0 Å². The quantitative estimate of drug-likeness (QED) is 0.0514. The number of fused-ring (bicyclic) bond motifs is 6. The summed E-state index contributed by atoms with van der Waals surface area (Å²) >= 11 is 10.9. The van der Waals surface area contributed by atoms with Crippen LogP contribution in [0.15, 0.2) is 168 Å². The molecule has 9 N–H and O–H groups in total. The van der Waals surface area contributed by atoms with Crippen LogP contribution >= 0.6 is 45.6 Å². The second-order valence-electron chi connectivity index (χ2n) is 17.6. The van der Waals surface area contributed by atoms with Crippen molar-refractivity contribution >= 4 is 179 Å². The van der Waals surface area contributed by atoms with Crippen LogP contribution in [0.25, 0.3) is 63.4 Å². The number of halogens is 1. The molecule has 15 rings (SSSR count). The van der Waals surface area contributed by atoms with Crippen molar-refractivity contribution in [2.75, 3.05) is 31.9 Å². The van der Waals surface area contributed by atoms with Crippen LogP contribution in [-0.2, 0) is 0 Å². The zero-order valence-corrected chi connectivity index (χ0v) is 44.8. The lowest BCUT2D eigenvalue weighted by atomic mass is 10.2. The number of H-pyrrole nitrogens is 3. The summed E-state index contributed by atoms with van der Waals surface area (Å²) in [5, 5.41) is 50.2. The Morgan fingerprint density at radius 1 is 0.412 bits per heavy atom. The molecule has 0 atom stereocenters. The van der Waals surface area contributed by atoms with E-state index in [2.05, 4.69) is 107 Å². The second-order valence-corrected chi connectivity index (χ2v) is 20.7. The minimum absolute atomic E-state index is 0.367. The first-order valence-electron chi connectivity index (χ1n) is 24.5. The summed E-state index contributed by atoms with van der Waals surface area (Å²) in [5.41, 5.74) is 9.99. The van der Waals surface area contributed by atoms with Gasteiger partial charge in [0, 0.05) is 51.3 Å². The van der Waals surface area contributed by atoms with Gasteiger partial charge in [-0.15, -0.1) is 34.0 Å². The van der Waals surface area contributed by atoms with Gasteiger partial charge in [-0.2, -0.15) is 30.2 Å². The molecule has 0 bridgehead atoms. The van der Waals surface area contributed by atoms with E-state index >= 15 is 0 Å². The van der Waals surface area contributed by atoms with Gasteiger partial charge in [0.1, 0.15) is 11.6 Å². The number of thiophene rings is 3. The van der Waals surface area contributed by atoms with Crippen molar-refractivity contribution in [1.29, 1.82) is 0 Å². The number of anilines is 12. The Balaban J connectivity index is 0.000000113. The molecule has 12 aromatic heterocycles. The number of aryl methyl sites for hydroxylation is 1. The molecule has 0 aliphatic carbocycles. The van der Waals surface area contributed by atoms with Gasteiger partial charge >= 0.3 is 0 Å². The summed E-state index contributed by atoms with van der Waals surface area (Å²) in [7, 11) is 0. The molecule has 3 aromatic carbocycles. The SMILES string of the molecule is Cc1cccc(Nc2nc(Nc3ccc4[nH]ncc4c3)c3sccc3n2)n1.Clc1ncccc1Nc1nc(Nc2ccc3[nH]ncc3c2)c2sccc2n1.c1ccc(Nc2nc(Nc3ccc4[nH]ncc4c3)c3sccc3n2)nc1. The largest absolute Gasteiger partial charge is 0.339 e. The fourth-order valence-corrected chi connectivity index (χ4v) is 10.9. The molecule has 0 fully saturated rings. The van der Waals surface area contributed by atoms with Gasteiger partial charge in [0.15, 0.2) is 22.6 Å². The zero-order valence-electron chi connectivity index (χ0n) is 41.6. The molecule has 0 radical (unpaired) electrons. The third kappa shape index (κ3) is 11.0. The zero-order chi connectivity index (χ0) is 53.8. The molecule has 80 heavy (non-hydrogen) atoms. The molecule has 12 heterocycles. The van der Waals surface area contributed by atoms with Crippen molar-refractivity contribution in [2.24, 2.45) is 0 Å². The minimum atomic E-state index is 0.367. The second kappa shape index (κ2) is 22.0. The summed E-state index contributed by atoms with van der Waals surface area (Å²) in [6.07, 6.45) is 8.76. The Hall–Kier alpha value is -10.3. The van der Waals surface area contributed by atoms with Crippen LogP contribution in [0.1, 0.15) is 5.69 Å². The summed E-state index contributed by atoms with van der Waals surface area (Å²) < 4.78 is 2.99. The average Bonchev–Trinajstić information content (AvgIpc) is 4.44. The van der Waals surface area contributed by atoms with Crippen molar-refractivity contribution in [3.05, 3.63) is 179 Å². The van der Waals surface area contributed by atoms with E-state index < -0.39 is 0 Å². The lowest BCUT2D eigenvalue weighted by Gasteiger charge is -2.10. The molecular formula is C55H40ClN21S3. The fraction of sp³-hybridized carbons (Fsp3) is 0.0182. The topological polar surface area (TPSA) is 274 Å². The van der Waals surface area contributed by atoms with Crippen molar-refractivity contribution in [1.82, 2.24) is 75.4 Å². The Kier molecular flexibility index (Phi) is 13.6. The average molecular weight is 1130 g/mol. The number of benzene rings is 3. The van der Waals surface area contributed by atoms with Gasteiger partial charge in [-0.1, -0.05) is 23.7 Å². The number of aromatic nitrogens is 15. The molecular weight excluding hydrogens is 1090 g/mol. The summed E-state index contributed by atoms with van der Waals surface area (Å²) in [4.78, 5) is 40.5. The number of pyridine rings is 3. The van der Waals surface area contributed by atoms with Crippen LogP contribution in [0.4, 0.5) is 69.7 Å². The van der Waals surface area contributed by atoms with Crippen LogP contribution < -0.4 is 31.9 Å². The summed E-state index contributed by atoms with van der Waals surface area (Å²) in [6, 6.07) is 39.0. The van der Waals surface area contributed by atoms with Crippen LogP contribution in [0.2, 0.25) is 5.15 Å². The molecule has 0 unspecified atom stereocenters. The molecule has 0 spiro atoms. The van der Waals surface area contributed by atoms with Crippen LogP contribution in [0.3, 0.4) is 0 Å². The van der Waals surface area contributed by atoms with Crippen molar-refractivity contribution in [3.8, 4) is 0 Å². The van der Waals surface area contributed by atoms with E-state index in [0.29, 0.717) is 34.5 Å². The first-order chi connectivity index (χ1) is 39.3. The maximum absolute atomic E-state index is 6.13. The van der Waals surface area contributed by atoms with Gasteiger partial charge in [0.25, 0.3) is 0 Å². The fourth-order valence-electron chi connectivity index (χ4n) is 8.36. The Labute approximate surface area is 469 Å². The highest BCUT2D eigenvalue weighted by Gasteiger charge is 2.15. The van der Waals surface area contributed by atoms with Gasteiger partial charge in [0.05, 0.1) is 71.5 Å². The van der Waals surface area contributed by atoms with Gasteiger partial charge in [-0.05, 0) is 132 Å². The highest BCUT2D eigenvalue weighted by molar-refractivity contribution is 7.18. The molecule has 0 saturated carbocycles. The van der Waals surface area contributed by atoms with Crippen molar-refractivity contribution in [2.45, 2.75) is 6.92 Å². The van der Waals surface area contributed by atoms with Gasteiger partial charge < -0.3 is 31.9 Å². The normalized spacial score (nSPS) is 11.1. The van der Waals surface area contributed by atoms with E-state index in [0.717, 1.165) is 109 Å². The van der Waals surface area contributed by atoms with E-state index in [9.17, 15) is 0 Å². The first kappa shape index (κ1) is 49.3. The molecule has 25 heteroatoms. The van der Waals surface area contributed by atoms with Crippen LogP contribution in [0, 0.1) is 6.92 Å². The summed E-state index contributed by atoms with van der Waals surface area (Å²) in [5.74, 6) is 5.11. The third-order valence-electron chi connectivity index (χ3n) is 12.1. The lowest BCUT2D eigenvalue weighted by molar-refractivity contribution is 1.12. The number of aromatic amines is 3. The molecule has 390 valence electrons. The van der Waals surface area contributed by atoms with Gasteiger partial charge in [0.2, 0.25) is 17.8 Å². The molecule has 0 aliphatic heterocycles. The highest BCUT2D eigenvalue weighted by Crippen LogP contribution is 2.35. The molecule has 15 aromatic rings. The number of hydrogen-bond donors (Lipinski definition) is 9. The maximum atomic E-state index is 6.13. The van der Waals surface area contributed by atoms with Gasteiger partial charge in [-0.3, -0.25) is 15.3 Å². The molecule has 0 aliphatic rings. The van der Waals surface area contributed by atoms with E-state index in [1.165, 1.54) is 0 Å². The number of hydrogen-bond acceptors (Lipinski definition) is 21. The molecule has 21 nitrogen and oxygen atoms in total. The van der Waals surface area contributed by atoms with E-state index in [1.54, 1.807) is 71.1 Å². The first-order valence-corrected chi connectivity index (χ1v) is 27.5. The summed E-state index contributed by atoms with van der Waals surface area (Å²) in [6.45, 7) is 1.95. The monoisotopic (exact) mass is 1130 g/mol. The molecule has 0 amide bonds. The Morgan fingerprint density at radius 2 is 0.875 bits per heavy atom. The maximum Gasteiger partial charge on any atom is 0.231 e. The smallest absolute Gasteiger partial charge is 0.231 e. The van der Waals surface area contributed by atoms with Crippen LogP contribution in [-0.4, -0.2) is 75.4 Å². The predicted molar refractivity (Wildman–Crippen MR) is 323 cm³/mol. The van der Waals surface area contributed by atoms with Crippen molar-refractivity contribution in [3.63, 3.8) is 0 Å². The number of nitrogens with zero attached hydrogens (tertiary/aromatic N) is 12.